The van der Waals surface area contributed by atoms with Crippen molar-refractivity contribution >= 4 is 40.9 Å². The first-order chi connectivity index (χ1) is 20.9. The summed E-state index contributed by atoms with van der Waals surface area (Å²) in [5.41, 5.74) is 1.46. The summed E-state index contributed by atoms with van der Waals surface area (Å²) in [6.07, 6.45) is 9.11. The van der Waals surface area contributed by atoms with E-state index in [-0.39, 0.29) is 29.6 Å². The third-order valence-corrected chi connectivity index (χ3v) is 10.6. The van der Waals surface area contributed by atoms with E-state index in [1.54, 1.807) is 33.6 Å². The molecule has 43 heavy (non-hydrogen) atoms. The summed E-state index contributed by atoms with van der Waals surface area (Å²) in [5, 5.41) is 9.22. The topological polar surface area (TPSA) is 99.6 Å². The normalized spacial score (nSPS) is 28.0. The van der Waals surface area contributed by atoms with Crippen molar-refractivity contribution < 1.29 is 29.0 Å². The van der Waals surface area contributed by atoms with Gasteiger partial charge in [0.05, 0.1) is 30.3 Å². The standard InChI is InChI=1S/C33H37N3O6S/c1-3-42-25-15-11-22(12-16-25)34-19-6-8-26-27(30(34)38)28-31(39)36(18-4-5-21-37)29-32(40)35(20-7-17-33(28,29)43-26)23-9-13-24(41-2)14-10-23/h6-17,26-29,37H,3-5,18-21H2,1-2H3/t26-,27+,28-,29?,33-/m0/s1. The average Bonchev–Trinajstić information content (AvgIpc) is 3.33. The number of hydrogen-bond donors (Lipinski definition) is 1. The minimum atomic E-state index is -0.897. The number of nitrogens with zero attached hydrogens (tertiary/aromatic N) is 3. The summed E-state index contributed by atoms with van der Waals surface area (Å²) in [4.78, 5) is 48.4. The van der Waals surface area contributed by atoms with Crippen LogP contribution in [-0.2, 0) is 14.4 Å². The van der Waals surface area contributed by atoms with Gasteiger partial charge in [-0.2, -0.15) is 0 Å². The fourth-order valence-electron chi connectivity index (χ4n) is 6.89. The number of fused-ring (bicyclic) bond motifs is 2. The van der Waals surface area contributed by atoms with Crippen LogP contribution in [0.2, 0.25) is 0 Å². The molecule has 4 heterocycles. The lowest BCUT2D eigenvalue weighted by Crippen LogP contribution is -2.53. The molecule has 226 valence electrons. The zero-order chi connectivity index (χ0) is 30.1. The smallest absolute Gasteiger partial charge is 0.251 e. The third-order valence-electron chi connectivity index (χ3n) is 8.81. The number of benzene rings is 2. The van der Waals surface area contributed by atoms with Gasteiger partial charge in [-0.15, -0.1) is 11.8 Å². The highest BCUT2D eigenvalue weighted by Gasteiger charge is 2.71. The Morgan fingerprint density at radius 3 is 2.19 bits per heavy atom. The van der Waals surface area contributed by atoms with Gasteiger partial charge in [0.15, 0.2) is 0 Å². The van der Waals surface area contributed by atoms with E-state index < -0.39 is 22.6 Å². The van der Waals surface area contributed by atoms with Crippen molar-refractivity contribution in [1.82, 2.24) is 4.90 Å². The number of rotatable bonds is 9. The number of ether oxygens (including phenoxy) is 2. The van der Waals surface area contributed by atoms with Crippen LogP contribution in [-0.4, -0.2) is 83.7 Å². The van der Waals surface area contributed by atoms with E-state index in [0.717, 1.165) is 11.4 Å². The Morgan fingerprint density at radius 1 is 0.884 bits per heavy atom. The molecular formula is C33H37N3O6S. The minimum absolute atomic E-state index is 0.00681. The number of aliphatic hydroxyl groups excluding tert-OH is 1. The molecule has 2 aromatic carbocycles. The van der Waals surface area contributed by atoms with Crippen LogP contribution in [0.5, 0.6) is 11.5 Å². The highest BCUT2D eigenvalue weighted by atomic mass is 32.2. The van der Waals surface area contributed by atoms with Gasteiger partial charge in [0.2, 0.25) is 11.8 Å². The maximum atomic E-state index is 14.5. The van der Waals surface area contributed by atoms with E-state index in [1.165, 1.54) is 0 Å². The molecule has 5 atom stereocenters. The third kappa shape index (κ3) is 5.00. The Bertz CT molecular complexity index is 1430. The Morgan fingerprint density at radius 2 is 1.53 bits per heavy atom. The van der Waals surface area contributed by atoms with Crippen LogP contribution in [0.4, 0.5) is 11.4 Å². The number of carbonyl (C=O) groups is 3. The van der Waals surface area contributed by atoms with E-state index in [1.807, 2.05) is 79.8 Å². The summed E-state index contributed by atoms with van der Waals surface area (Å²) >= 11 is 1.57. The van der Waals surface area contributed by atoms with Crippen molar-refractivity contribution in [1.29, 1.82) is 0 Å². The summed E-state index contributed by atoms with van der Waals surface area (Å²) in [6, 6.07) is 14.0. The summed E-state index contributed by atoms with van der Waals surface area (Å²) in [6.45, 7) is 3.57. The lowest BCUT2D eigenvalue weighted by molar-refractivity contribution is -0.138. The van der Waals surface area contributed by atoms with E-state index in [0.29, 0.717) is 50.5 Å². The molecule has 0 aliphatic carbocycles. The molecule has 0 radical (unpaired) electrons. The van der Waals surface area contributed by atoms with Gasteiger partial charge in [-0.05, 0) is 68.3 Å². The number of likely N-dealkylation sites (tertiary alicyclic amines) is 1. The molecule has 4 aliphatic heterocycles. The molecule has 0 aromatic heterocycles. The Hall–Kier alpha value is -3.76. The number of aliphatic hydroxyl groups is 1. The zero-order valence-electron chi connectivity index (χ0n) is 24.4. The Balaban J connectivity index is 1.38. The van der Waals surface area contributed by atoms with E-state index in [9.17, 15) is 19.5 Å². The summed E-state index contributed by atoms with van der Waals surface area (Å²) < 4.78 is 10.00. The first-order valence-corrected chi connectivity index (χ1v) is 15.7. The average molecular weight is 604 g/mol. The molecule has 1 spiro atoms. The van der Waals surface area contributed by atoms with Gasteiger partial charge in [-0.25, -0.2) is 0 Å². The molecule has 1 N–H and O–H groups in total. The molecule has 0 bridgehead atoms. The molecule has 10 heteroatoms. The van der Waals surface area contributed by atoms with Gasteiger partial charge in [0.25, 0.3) is 5.91 Å². The van der Waals surface area contributed by atoms with E-state index in [4.69, 9.17) is 9.47 Å². The minimum Gasteiger partial charge on any atom is -0.497 e. The van der Waals surface area contributed by atoms with Crippen molar-refractivity contribution in [2.24, 2.45) is 11.8 Å². The largest absolute Gasteiger partial charge is 0.497 e. The quantitative estimate of drug-likeness (QED) is 0.345. The van der Waals surface area contributed by atoms with Gasteiger partial charge in [0.1, 0.15) is 17.5 Å². The second-order valence-electron chi connectivity index (χ2n) is 11.2. The number of carbonyl (C=O) groups excluding carboxylic acids is 3. The first kappa shape index (κ1) is 29.3. The van der Waals surface area contributed by atoms with Crippen LogP contribution in [0.25, 0.3) is 0 Å². The molecule has 6 rings (SSSR count). The number of amides is 3. The molecule has 9 nitrogen and oxygen atoms in total. The fraction of sp³-hybridized carbons (Fsp3) is 0.424. The van der Waals surface area contributed by atoms with Gasteiger partial charge in [-0.3, -0.25) is 14.4 Å². The lowest BCUT2D eigenvalue weighted by atomic mass is 9.78. The molecule has 0 saturated carbocycles. The second kappa shape index (κ2) is 12.1. The van der Waals surface area contributed by atoms with Crippen LogP contribution in [0.1, 0.15) is 19.8 Å². The van der Waals surface area contributed by atoms with Crippen LogP contribution >= 0.6 is 11.8 Å². The van der Waals surface area contributed by atoms with Gasteiger partial charge >= 0.3 is 0 Å². The Labute approximate surface area is 256 Å². The maximum Gasteiger partial charge on any atom is 0.251 e. The maximum absolute atomic E-state index is 14.5. The predicted molar refractivity (Wildman–Crippen MR) is 167 cm³/mol. The van der Waals surface area contributed by atoms with Crippen LogP contribution in [0.15, 0.2) is 72.8 Å². The molecule has 1 unspecified atom stereocenters. The Kier molecular flexibility index (Phi) is 8.24. The van der Waals surface area contributed by atoms with Crippen LogP contribution < -0.4 is 19.3 Å². The molecule has 2 fully saturated rings. The zero-order valence-corrected chi connectivity index (χ0v) is 25.2. The van der Waals surface area contributed by atoms with E-state index >= 15 is 0 Å². The molecular weight excluding hydrogens is 566 g/mol. The second-order valence-corrected chi connectivity index (χ2v) is 12.6. The van der Waals surface area contributed by atoms with E-state index in [2.05, 4.69) is 0 Å². The van der Waals surface area contributed by atoms with Crippen molar-refractivity contribution in [2.75, 3.05) is 49.8 Å². The molecule has 2 aromatic rings. The lowest BCUT2D eigenvalue weighted by Gasteiger charge is -2.35. The first-order valence-electron chi connectivity index (χ1n) is 14.9. The highest BCUT2D eigenvalue weighted by molar-refractivity contribution is 8.02. The molecule has 4 aliphatic rings. The fourth-order valence-corrected chi connectivity index (χ4v) is 8.89. The predicted octanol–water partition coefficient (Wildman–Crippen LogP) is 3.67. The summed E-state index contributed by atoms with van der Waals surface area (Å²) in [7, 11) is 1.60. The van der Waals surface area contributed by atoms with Crippen LogP contribution in [0.3, 0.4) is 0 Å². The number of thioether (sulfide) groups is 1. The number of methoxy groups -OCH3 is 1. The van der Waals surface area contributed by atoms with Gasteiger partial charge < -0.3 is 29.3 Å². The van der Waals surface area contributed by atoms with Crippen molar-refractivity contribution in [3.05, 3.63) is 72.8 Å². The van der Waals surface area contributed by atoms with Crippen molar-refractivity contribution in [2.45, 2.75) is 35.8 Å². The number of unbranched alkanes of at least 4 members (excludes halogenated alkanes) is 1. The summed E-state index contributed by atoms with van der Waals surface area (Å²) in [5.74, 6) is -0.361. The van der Waals surface area contributed by atoms with Crippen LogP contribution in [0, 0.1) is 11.8 Å². The van der Waals surface area contributed by atoms with Gasteiger partial charge in [0, 0.05) is 42.9 Å². The number of hydrogen-bond acceptors (Lipinski definition) is 7. The highest BCUT2D eigenvalue weighted by Crippen LogP contribution is 2.61. The van der Waals surface area contributed by atoms with Gasteiger partial charge in [-0.1, -0.05) is 24.3 Å². The molecule has 2 saturated heterocycles. The number of anilines is 2. The SMILES string of the molecule is CCOc1ccc(N2CC=C[C@@H]3S[C@]45C=CCN(c6ccc(OC)cc6)C(=O)C4N(CCCCO)C(=O)[C@@H]5[C@@H]3C2=O)cc1. The van der Waals surface area contributed by atoms with Crippen molar-refractivity contribution in [3.63, 3.8) is 0 Å². The van der Waals surface area contributed by atoms with Crippen molar-refractivity contribution in [3.8, 4) is 11.5 Å². The molecule has 3 amide bonds. The monoisotopic (exact) mass is 603 g/mol.